The van der Waals surface area contributed by atoms with Gasteiger partial charge in [0, 0.05) is 6.04 Å². The minimum absolute atomic E-state index is 0.0295. The van der Waals surface area contributed by atoms with Gasteiger partial charge in [-0.2, -0.15) is 0 Å². The zero-order valence-electron chi connectivity index (χ0n) is 14.6. The van der Waals surface area contributed by atoms with Gasteiger partial charge in [-0.05, 0) is 25.5 Å². The molecule has 1 aromatic rings. The Kier molecular flexibility index (Phi) is 5.36. The second kappa shape index (κ2) is 7.55. The molecule has 1 fully saturated rings. The molecule has 3 atom stereocenters. The van der Waals surface area contributed by atoms with Crippen molar-refractivity contribution < 1.29 is 32.3 Å². The quantitative estimate of drug-likeness (QED) is 0.671. The molecule has 2 N–H and O–H groups in total. The number of carbonyl (C=O) groups excluding carboxylic acids is 3. The van der Waals surface area contributed by atoms with E-state index in [-0.39, 0.29) is 17.9 Å². The predicted octanol–water partition coefficient (Wildman–Crippen LogP) is 0.0112. The highest BCUT2D eigenvalue weighted by Crippen LogP contribution is 2.29. The third kappa shape index (κ3) is 4.76. The Morgan fingerprint density at radius 3 is 2.81 bits per heavy atom. The van der Waals surface area contributed by atoms with Crippen molar-refractivity contribution in [2.75, 3.05) is 16.8 Å². The number of esters is 1. The second-order valence-electron chi connectivity index (χ2n) is 6.54. The highest BCUT2D eigenvalue weighted by Gasteiger charge is 2.33. The summed E-state index contributed by atoms with van der Waals surface area (Å²) in [6, 6.07) is 6.34. The standard InChI is InChI=1S/C17H20N2O7S/c1-10(16(21)18-11-6-7-27(23,24)9-11)25-15(20)8-14-17(22)19-12-4-2-3-5-13(12)26-14/h2-5,10-11,14H,6-9H2,1H3,(H,18,21)(H,19,22)/t10-,11+,14+/m0/s1. The minimum Gasteiger partial charge on any atom is -0.478 e. The first-order chi connectivity index (χ1) is 12.7. The van der Waals surface area contributed by atoms with Gasteiger partial charge in [-0.25, -0.2) is 8.42 Å². The number of para-hydroxylation sites is 2. The fourth-order valence-electron chi connectivity index (χ4n) is 2.90. The summed E-state index contributed by atoms with van der Waals surface area (Å²) < 4.78 is 33.4. The van der Waals surface area contributed by atoms with Gasteiger partial charge in [0.1, 0.15) is 5.75 Å². The molecule has 9 nitrogen and oxygen atoms in total. The van der Waals surface area contributed by atoms with Crippen LogP contribution in [0, 0.1) is 0 Å². The van der Waals surface area contributed by atoms with E-state index in [2.05, 4.69) is 10.6 Å². The van der Waals surface area contributed by atoms with Crippen LogP contribution in [-0.2, 0) is 29.0 Å². The topological polar surface area (TPSA) is 128 Å². The summed E-state index contributed by atoms with van der Waals surface area (Å²) in [6.07, 6.45) is -2.18. The Morgan fingerprint density at radius 2 is 2.11 bits per heavy atom. The lowest BCUT2D eigenvalue weighted by Gasteiger charge is -2.25. The number of hydrogen-bond donors (Lipinski definition) is 2. The molecule has 146 valence electrons. The van der Waals surface area contributed by atoms with Crippen molar-refractivity contribution in [2.24, 2.45) is 0 Å². The summed E-state index contributed by atoms with van der Waals surface area (Å²) in [6.45, 7) is 1.38. The molecule has 1 aromatic carbocycles. The SMILES string of the molecule is C[C@H](OC(=O)C[C@H]1Oc2ccccc2NC1=O)C(=O)N[C@@H]1CCS(=O)(=O)C1. The summed E-state index contributed by atoms with van der Waals surface area (Å²) in [5.41, 5.74) is 0.520. The lowest BCUT2D eigenvalue weighted by atomic mass is 10.1. The Hall–Kier alpha value is -2.62. The Balaban J connectivity index is 1.50. The summed E-state index contributed by atoms with van der Waals surface area (Å²) >= 11 is 0. The molecule has 0 aliphatic carbocycles. The van der Waals surface area contributed by atoms with Crippen LogP contribution in [0.4, 0.5) is 5.69 Å². The highest BCUT2D eigenvalue weighted by atomic mass is 32.2. The van der Waals surface area contributed by atoms with E-state index in [4.69, 9.17) is 9.47 Å². The van der Waals surface area contributed by atoms with Gasteiger partial charge >= 0.3 is 5.97 Å². The molecule has 0 aromatic heterocycles. The maximum absolute atomic E-state index is 12.1. The number of benzene rings is 1. The minimum atomic E-state index is -3.12. The van der Waals surface area contributed by atoms with Gasteiger partial charge in [-0.3, -0.25) is 14.4 Å². The molecule has 2 aliphatic rings. The van der Waals surface area contributed by atoms with Crippen LogP contribution in [0.2, 0.25) is 0 Å². The first-order valence-electron chi connectivity index (χ1n) is 8.50. The molecule has 0 spiro atoms. The largest absolute Gasteiger partial charge is 0.478 e. The molecule has 10 heteroatoms. The van der Waals surface area contributed by atoms with Crippen LogP contribution in [0.25, 0.3) is 0 Å². The molecule has 1 saturated heterocycles. The molecule has 0 bridgehead atoms. The van der Waals surface area contributed by atoms with Crippen LogP contribution in [0.15, 0.2) is 24.3 Å². The van der Waals surface area contributed by atoms with E-state index in [1.54, 1.807) is 24.3 Å². The predicted molar refractivity (Wildman–Crippen MR) is 94.9 cm³/mol. The van der Waals surface area contributed by atoms with Crippen LogP contribution in [-0.4, -0.2) is 56.0 Å². The third-order valence-electron chi connectivity index (χ3n) is 4.31. The average Bonchev–Trinajstić information content (AvgIpc) is 2.94. The van der Waals surface area contributed by atoms with E-state index < -0.39 is 45.9 Å². The monoisotopic (exact) mass is 396 g/mol. The van der Waals surface area contributed by atoms with Crippen molar-refractivity contribution in [3.63, 3.8) is 0 Å². The molecule has 27 heavy (non-hydrogen) atoms. The Labute approximate surface area is 156 Å². The average molecular weight is 396 g/mol. The van der Waals surface area contributed by atoms with E-state index in [0.717, 1.165) is 0 Å². The maximum Gasteiger partial charge on any atom is 0.310 e. The maximum atomic E-state index is 12.1. The lowest BCUT2D eigenvalue weighted by molar-refractivity contribution is -0.157. The number of nitrogens with one attached hydrogen (secondary N) is 2. The van der Waals surface area contributed by atoms with Crippen LogP contribution in [0.5, 0.6) is 5.75 Å². The molecule has 2 aliphatic heterocycles. The summed E-state index contributed by atoms with van der Waals surface area (Å²) in [4.78, 5) is 36.2. The van der Waals surface area contributed by atoms with Crippen molar-refractivity contribution in [2.45, 2.75) is 38.0 Å². The number of amides is 2. The number of hydrogen-bond acceptors (Lipinski definition) is 7. The third-order valence-corrected chi connectivity index (χ3v) is 6.08. The smallest absolute Gasteiger partial charge is 0.310 e. The molecule has 0 saturated carbocycles. The lowest BCUT2D eigenvalue weighted by Crippen LogP contribution is -2.43. The second-order valence-corrected chi connectivity index (χ2v) is 8.77. The van der Waals surface area contributed by atoms with Gasteiger partial charge in [0.25, 0.3) is 11.8 Å². The summed E-state index contributed by atoms with van der Waals surface area (Å²) in [7, 11) is -3.12. The van der Waals surface area contributed by atoms with Gasteiger partial charge in [0.05, 0.1) is 23.6 Å². The molecule has 3 rings (SSSR count). The Morgan fingerprint density at radius 1 is 1.37 bits per heavy atom. The Bertz CT molecular complexity index is 868. The van der Waals surface area contributed by atoms with Crippen LogP contribution in [0.1, 0.15) is 19.8 Å². The van der Waals surface area contributed by atoms with E-state index in [0.29, 0.717) is 17.9 Å². The highest BCUT2D eigenvalue weighted by molar-refractivity contribution is 7.91. The fraction of sp³-hybridized carbons (Fsp3) is 0.471. The molecule has 0 radical (unpaired) electrons. The molecular weight excluding hydrogens is 376 g/mol. The number of carbonyl (C=O) groups is 3. The normalized spacial score (nSPS) is 24.1. The van der Waals surface area contributed by atoms with Gasteiger partial charge in [-0.15, -0.1) is 0 Å². The van der Waals surface area contributed by atoms with E-state index in [1.807, 2.05) is 0 Å². The zero-order valence-corrected chi connectivity index (χ0v) is 15.5. The van der Waals surface area contributed by atoms with Gasteiger partial charge in [0.15, 0.2) is 22.0 Å². The van der Waals surface area contributed by atoms with Gasteiger partial charge in [0.2, 0.25) is 0 Å². The summed E-state index contributed by atoms with van der Waals surface area (Å²) in [5, 5.41) is 5.20. The van der Waals surface area contributed by atoms with Gasteiger partial charge < -0.3 is 20.1 Å². The molecule has 2 heterocycles. The van der Waals surface area contributed by atoms with Crippen molar-refractivity contribution >= 4 is 33.3 Å². The van der Waals surface area contributed by atoms with Crippen molar-refractivity contribution in [3.05, 3.63) is 24.3 Å². The number of rotatable bonds is 5. The van der Waals surface area contributed by atoms with Crippen molar-refractivity contribution in [1.82, 2.24) is 5.32 Å². The van der Waals surface area contributed by atoms with E-state index >= 15 is 0 Å². The number of sulfone groups is 1. The van der Waals surface area contributed by atoms with E-state index in [1.165, 1.54) is 6.92 Å². The summed E-state index contributed by atoms with van der Waals surface area (Å²) in [5.74, 6) is -1.46. The van der Waals surface area contributed by atoms with Crippen LogP contribution >= 0.6 is 0 Å². The number of anilines is 1. The molecule has 0 unspecified atom stereocenters. The van der Waals surface area contributed by atoms with Crippen molar-refractivity contribution in [3.8, 4) is 5.75 Å². The van der Waals surface area contributed by atoms with Crippen molar-refractivity contribution in [1.29, 1.82) is 0 Å². The van der Waals surface area contributed by atoms with Gasteiger partial charge in [-0.1, -0.05) is 12.1 Å². The number of ether oxygens (including phenoxy) is 2. The van der Waals surface area contributed by atoms with E-state index in [9.17, 15) is 22.8 Å². The molecule has 2 amide bonds. The first-order valence-corrected chi connectivity index (χ1v) is 10.3. The number of fused-ring (bicyclic) bond motifs is 1. The first kappa shape index (κ1) is 19.2. The van der Waals surface area contributed by atoms with Crippen LogP contribution < -0.4 is 15.4 Å². The molecular formula is C17H20N2O7S. The van der Waals surface area contributed by atoms with Crippen LogP contribution in [0.3, 0.4) is 0 Å². The fourth-order valence-corrected chi connectivity index (χ4v) is 4.58. The zero-order chi connectivity index (χ0) is 19.6.